The zero-order chi connectivity index (χ0) is 29.4. The molecule has 41 heavy (non-hydrogen) atoms. The van der Waals surface area contributed by atoms with Crippen LogP contribution in [-0.2, 0) is 25.9 Å². The second-order valence-electron chi connectivity index (χ2n) is 9.89. The summed E-state index contributed by atoms with van der Waals surface area (Å²) in [5, 5.41) is 10.7. The summed E-state index contributed by atoms with van der Waals surface area (Å²) in [6, 6.07) is 20.1. The van der Waals surface area contributed by atoms with Crippen LogP contribution in [0.1, 0.15) is 48.3 Å². The number of aromatic nitrogens is 3. The maximum absolute atomic E-state index is 13.4. The molecule has 0 radical (unpaired) electrons. The Hall–Kier alpha value is -4.67. The van der Waals surface area contributed by atoms with Crippen molar-refractivity contribution in [2.45, 2.75) is 44.4 Å². The fraction of sp³-hybridized carbons (Fsp3) is 0.267. The average molecular weight is 565 g/mol. The molecule has 212 valence electrons. The minimum Gasteiger partial charge on any atom is -0.468 e. The SMILES string of the molecule is COC(=O)C1(c2ccc(-c3ccc(-n4nnc(C)c4NC(=O)OC(C)c4ccccc4C(F)(F)F)cc3)cc2)CC1. The van der Waals surface area contributed by atoms with E-state index in [2.05, 4.69) is 15.6 Å². The first-order valence-electron chi connectivity index (χ1n) is 12.9. The molecule has 1 heterocycles. The third kappa shape index (κ3) is 5.52. The number of anilines is 1. The molecule has 11 heteroatoms. The van der Waals surface area contributed by atoms with Gasteiger partial charge in [-0.05, 0) is 61.6 Å². The van der Waals surface area contributed by atoms with Crippen LogP contribution in [0.5, 0.6) is 0 Å². The first kappa shape index (κ1) is 27.9. The van der Waals surface area contributed by atoms with Crippen LogP contribution in [-0.4, -0.2) is 34.2 Å². The van der Waals surface area contributed by atoms with Gasteiger partial charge in [-0.25, -0.2) is 4.79 Å². The number of rotatable bonds is 7. The smallest absolute Gasteiger partial charge is 0.416 e. The molecule has 1 atom stereocenters. The highest BCUT2D eigenvalue weighted by Gasteiger charge is 2.52. The molecule has 0 aliphatic heterocycles. The number of nitrogens with one attached hydrogen (secondary N) is 1. The van der Waals surface area contributed by atoms with Gasteiger partial charge in [-0.15, -0.1) is 5.10 Å². The largest absolute Gasteiger partial charge is 0.468 e. The van der Waals surface area contributed by atoms with E-state index in [9.17, 15) is 22.8 Å². The average Bonchev–Trinajstić information content (AvgIpc) is 3.71. The molecule has 3 aromatic carbocycles. The van der Waals surface area contributed by atoms with Crippen molar-refractivity contribution in [3.05, 3.63) is 95.2 Å². The number of ether oxygens (including phenoxy) is 2. The van der Waals surface area contributed by atoms with E-state index in [4.69, 9.17) is 9.47 Å². The lowest BCUT2D eigenvalue weighted by molar-refractivity contribution is -0.143. The van der Waals surface area contributed by atoms with Crippen molar-refractivity contribution in [1.82, 2.24) is 15.0 Å². The molecule has 1 N–H and O–H groups in total. The van der Waals surface area contributed by atoms with Crippen molar-refractivity contribution in [1.29, 1.82) is 0 Å². The molecule has 1 aromatic heterocycles. The van der Waals surface area contributed by atoms with Crippen LogP contribution >= 0.6 is 0 Å². The number of methoxy groups -OCH3 is 1. The van der Waals surface area contributed by atoms with Crippen LogP contribution in [0, 0.1) is 6.92 Å². The van der Waals surface area contributed by atoms with Gasteiger partial charge in [0.1, 0.15) is 11.8 Å². The number of nitrogens with zero attached hydrogens (tertiary/aromatic N) is 3. The summed E-state index contributed by atoms with van der Waals surface area (Å²) in [6.45, 7) is 3.01. The number of aryl methyl sites for hydroxylation is 1. The molecule has 1 aliphatic rings. The van der Waals surface area contributed by atoms with Gasteiger partial charge in [0.25, 0.3) is 0 Å². The van der Waals surface area contributed by atoms with E-state index in [0.29, 0.717) is 11.4 Å². The second-order valence-corrected chi connectivity index (χ2v) is 9.89. The van der Waals surface area contributed by atoms with Gasteiger partial charge in [0, 0.05) is 5.56 Å². The van der Waals surface area contributed by atoms with Crippen LogP contribution in [0.25, 0.3) is 16.8 Å². The topological polar surface area (TPSA) is 95.3 Å². The van der Waals surface area contributed by atoms with E-state index in [1.807, 2.05) is 36.4 Å². The molecule has 1 amide bonds. The van der Waals surface area contributed by atoms with E-state index in [1.54, 1.807) is 19.1 Å². The Morgan fingerprint density at radius 3 is 2.17 bits per heavy atom. The molecule has 0 saturated heterocycles. The molecule has 0 bridgehead atoms. The van der Waals surface area contributed by atoms with Gasteiger partial charge >= 0.3 is 18.2 Å². The van der Waals surface area contributed by atoms with Crippen molar-refractivity contribution < 1.29 is 32.2 Å². The van der Waals surface area contributed by atoms with Crippen LogP contribution in [0.3, 0.4) is 0 Å². The molecule has 1 unspecified atom stereocenters. The molecule has 5 rings (SSSR count). The highest BCUT2D eigenvalue weighted by atomic mass is 19.4. The first-order chi connectivity index (χ1) is 19.5. The van der Waals surface area contributed by atoms with E-state index < -0.39 is 29.4 Å². The van der Waals surface area contributed by atoms with Gasteiger partial charge in [0.05, 0.1) is 23.8 Å². The molecular weight excluding hydrogens is 537 g/mol. The number of amides is 1. The minimum absolute atomic E-state index is 0.153. The maximum Gasteiger partial charge on any atom is 0.416 e. The number of benzene rings is 3. The lowest BCUT2D eigenvalue weighted by Crippen LogP contribution is -2.21. The van der Waals surface area contributed by atoms with Crippen LogP contribution in [0.4, 0.5) is 23.8 Å². The quantitative estimate of drug-likeness (QED) is 0.249. The first-order valence-corrected chi connectivity index (χ1v) is 12.9. The normalized spacial score (nSPS) is 14.7. The lowest BCUT2D eigenvalue weighted by atomic mass is 9.94. The number of alkyl halides is 3. The fourth-order valence-corrected chi connectivity index (χ4v) is 4.85. The molecule has 4 aromatic rings. The number of hydrogen-bond acceptors (Lipinski definition) is 6. The van der Waals surface area contributed by atoms with Crippen molar-refractivity contribution in [2.24, 2.45) is 0 Å². The Morgan fingerprint density at radius 1 is 0.976 bits per heavy atom. The zero-order valence-corrected chi connectivity index (χ0v) is 22.5. The number of halogens is 3. The van der Waals surface area contributed by atoms with Crippen LogP contribution < -0.4 is 5.32 Å². The predicted molar refractivity (Wildman–Crippen MR) is 144 cm³/mol. The number of hydrogen-bond donors (Lipinski definition) is 1. The zero-order valence-electron chi connectivity index (χ0n) is 22.5. The summed E-state index contributed by atoms with van der Waals surface area (Å²) in [5.74, 6) is 0.00700. The fourth-order valence-electron chi connectivity index (χ4n) is 4.85. The maximum atomic E-state index is 13.4. The third-order valence-electron chi connectivity index (χ3n) is 7.26. The highest BCUT2D eigenvalue weighted by molar-refractivity contribution is 5.87. The lowest BCUT2D eigenvalue weighted by Gasteiger charge is -2.19. The Morgan fingerprint density at radius 2 is 1.59 bits per heavy atom. The van der Waals surface area contributed by atoms with Crippen molar-refractivity contribution >= 4 is 17.9 Å². The Kier molecular flexibility index (Phi) is 7.29. The summed E-state index contributed by atoms with van der Waals surface area (Å²) in [4.78, 5) is 24.9. The van der Waals surface area contributed by atoms with E-state index in [0.717, 1.165) is 35.6 Å². The molecule has 1 saturated carbocycles. The van der Waals surface area contributed by atoms with Gasteiger partial charge in [0.2, 0.25) is 0 Å². The number of carbonyl (C=O) groups is 2. The molecule has 8 nitrogen and oxygen atoms in total. The Balaban J connectivity index is 1.30. The van der Waals surface area contributed by atoms with Gasteiger partial charge in [-0.1, -0.05) is 59.8 Å². The summed E-state index contributed by atoms with van der Waals surface area (Å²) < 4.78 is 51.8. The highest BCUT2D eigenvalue weighted by Crippen LogP contribution is 2.49. The summed E-state index contributed by atoms with van der Waals surface area (Å²) in [5.41, 5.74) is 2.24. The Bertz CT molecular complexity index is 1580. The summed E-state index contributed by atoms with van der Waals surface area (Å²) >= 11 is 0. The van der Waals surface area contributed by atoms with Gasteiger partial charge in [0.15, 0.2) is 5.82 Å². The van der Waals surface area contributed by atoms with Crippen molar-refractivity contribution in [2.75, 3.05) is 12.4 Å². The number of esters is 1. The number of carbonyl (C=O) groups excluding carboxylic acids is 2. The second kappa shape index (κ2) is 10.7. The van der Waals surface area contributed by atoms with Crippen molar-refractivity contribution in [3.63, 3.8) is 0 Å². The van der Waals surface area contributed by atoms with E-state index in [1.165, 1.54) is 36.9 Å². The summed E-state index contributed by atoms with van der Waals surface area (Å²) in [6.07, 6.45) is -5.15. The van der Waals surface area contributed by atoms with Crippen LogP contribution in [0.15, 0.2) is 72.8 Å². The molecule has 1 aliphatic carbocycles. The third-order valence-corrected chi connectivity index (χ3v) is 7.26. The summed E-state index contributed by atoms with van der Waals surface area (Å²) in [7, 11) is 1.40. The van der Waals surface area contributed by atoms with Gasteiger partial charge in [-0.2, -0.15) is 17.9 Å². The van der Waals surface area contributed by atoms with Crippen molar-refractivity contribution in [3.8, 4) is 16.8 Å². The molecular formula is C30H27F3N4O4. The molecule has 1 fully saturated rings. The predicted octanol–water partition coefficient (Wildman–Crippen LogP) is 6.78. The monoisotopic (exact) mass is 564 g/mol. The Labute approximate surface area is 234 Å². The minimum atomic E-state index is -4.58. The van der Waals surface area contributed by atoms with E-state index >= 15 is 0 Å². The van der Waals surface area contributed by atoms with E-state index in [-0.39, 0.29) is 17.4 Å². The van der Waals surface area contributed by atoms with Crippen LogP contribution in [0.2, 0.25) is 0 Å². The van der Waals surface area contributed by atoms with Gasteiger partial charge in [-0.3, -0.25) is 10.1 Å². The molecule has 0 spiro atoms. The van der Waals surface area contributed by atoms with Gasteiger partial charge < -0.3 is 9.47 Å². The standard InChI is InChI=1S/C30H27F3N4O4/c1-18-26(34-28(39)41-19(2)24-6-4-5-7-25(24)30(31,32)33)37(36-35-18)23-14-10-21(11-15-23)20-8-12-22(13-9-20)29(16-17-29)27(38)40-3/h4-15,19H,16-17H2,1-3H3,(H,34,39).